The number of nitrogens with one attached hydrogen (secondary N) is 1. The number of benzene rings is 1. The van der Waals surface area contributed by atoms with Crippen LogP contribution in [0.4, 0.5) is 10.5 Å². The van der Waals surface area contributed by atoms with E-state index in [1.54, 1.807) is 4.72 Å². The lowest BCUT2D eigenvalue weighted by Crippen LogP contribution is -2.41. The number of primary sulfonamides is 1. The normalized spacial score (nSPS) is 11.8. The van der Waals surface area contributed by atoms with Crippen LogP contribution in [0.1, 0.15) is 6.92 Å². The van der Waals surface area contributed by atoms with Crippen molar-refractivity contribution in [1.29, 1.82) is 0 Å². The van der Waals surface area contributed by atoms with E-state index in [1.807, 2.05) is 0 Å². The molecule has 3 N–H and O–H groups in total. The molecule has 0 radical (unpaired) electrons. The molecule has 118 valence electrons. The summed E-state index contributed by atoms with van der Waals surface area (Å²) >= 11 is 0. The molecule has 0 spiro atoms. The highest BCUT2D eigenvalue weighted by molar-refractivity contribution is 7.91. The number of sulfonamides is 1. The zero-order valence-electron chi connectivity index (χ0n) is 11.3. The van der Waals surface area contributed by atoms with Gasteiger partial charge >= 0.3 is 16.3 Å². The third kappa shape index (κ3) is 4.58. The Kier molecular flexibility index (Phi) is 5.15. The number of amides is 1. The van der Waals surface area contributed by atoms with Gasteiger partial charge in [0.25, 0.3) is 0 Å². The monoisotopic (exact) mass is 337 g/mol. The largest absolute Gasteiger partial charge is 0.449 e. The minimum atomic E-state index is -4.15. The second kappa shape index (κ2) is 6.28. The highest BCUT2D eigenvalue weighted by Crippen LogP contribution is 2.18. The van der Waals surface area contributed by atoms with Crippen molar-refractivity contribution in [2.24, 2.45) is 5.14 Å². The third-order valence-electron chi connectivity index (χ3n) is 2.38. The van der Waals surface area contributed by atoms with E-state index in [1.165, 1.54) is 26.1 Å². The van der Waals surface area contributed by atoms with E-state index in [0.717, 1.165) is 16.4 Å². The van der Waals surface area contributed by atoms with Crippen molar-refractivity contribution in [2.75, 3.05) is 18.0 Å². The quantitative estimate of drug-likeness (QED) is 0.761. The molecule has 11 heteroatoms. The third-order valence-corrected chi connectivity index (χ3v) is 4.66. The Bertz CT molecular complexity index is 712. The van der Waals surface area contributed by atoms with E-state index in [2.05, 4.69) is 4.74 Å². The fourth-order valence-corrected chi connectivity index (χ4v) is 2.64. The maximum Gasteiger partial charge on any atom is 0.422 e. The van der Waals surface area contributed by atoms with Crippen molar-refractivity contribution < 1.29 is 26.4 Å². The van der Waals surface area contributed by atoms with Gasteiger partial charge in [-0.05, 0) is 31.2 Å². The van der Waals surface area contributed by atoms with Gasteiger partial charge in [0.05, 0.1) is 17.2 Å². The van der Waals surface area contributed by atoms with E-state index in [-0.39, 0.29) is 17.2 Å². The summed E-state index contributed by atoms with van der Waals surface area (Å²) in [6.07, 6.45) is -1.11. The Morgan fingerprint density at radius 1 is 1.24 bits per heavy atom. The van der Waals surface area contributed by atoms with Crippen LogP contribution in [0.2, 0.25) is 0 Å². The zero-order valence-corrected chi connectivity index (χ0v) is 12.9. The van der Waals surface area contributed by atoms with Crippen molar-refractivity contribution in [2.45, 2.75) is 11.8 Å². The first kappa shape index (κ1) is 17.2. The molecule has 0 aliphatic heterocycles. The van der Waals surface area contributed by atoms with Crippen LogP contribution in [0.15, 0.2) is 29.2 Å². The van der Waals surface area contributed by atoms with Crippen LogP contribution in [-0.2, 0) is 25.0 Å². The molecular weight excluding hydrogens is 322 g/mol. The van der Waals surface area contributed by atoms with Crippen molar-refractivity contribution in [3.8, 4) is 0 Å². The summed E-state index contributed by atoms with van der Waals surface area (Å²) in [5, 5.41) is 4.93. The van der Waals surface area contributed by atoms with Crippen LogP contribution < -0.4 is 14.2 Å². The first-order valence-corrected chi connectivity index (χ1v) is 8.63. The van der Waals surface area contributed by atoms with E-state index in [0.29, 0.717) is 0 Å². The standard InChI is InChI=1S/C10H15N3O6S2/c1-3-19-10(14)12-21(17,18)13(2)8-4-6-9(7-5-8)20(11,15)16/h4-7H,3H2,1-2H3,(H,12,14)(H2,11,15,16). The Morgan fingerprint density at radius 2 is 1.76 bits per heavy atom. The number of carbonyl (C=O) groups is 1. The number of nitrogens with zero attached hydrogens (tertiary/aromatic N) is 1. The molecule has 21 heavy (non-hydrogen) atoms. The van der Waals surface area contributed by atoms with Crippen LogP contribution in [0.25, 0.3) is 0 Å². The summed E-state index contributed by atoms with van der Waals surface area (Å²) in [5.41, 5.74) is 0.138. The number of anilines is 1. The van der Waals surface area contributed by atoms with Gasteiger partial charge in [-0.2, -0.15) is 8.42 Å². The predicted molar refractivity (Wildman–Crippen MR) is 75.3 cm³/mol. The van der Waals surface area contributed by atoms with Gasteiger partial charge < -0.3 is 4.74 Å². The van der Waals surface area contributed by atoms with Gasteiger partial charge in [-0.15, -0.1) is 0 Å². The molecule has 0 aliphatic rings. The summed E-state index contributed by atoms with van der Waals surface area (Å²) in [7, 11) is -6.83. The molecule has 1 rings (SSSR count). The van der Waals surface area contributed by atoms with Gasteiger partial charge in [-0.25, -0.2) is 23.1 Å². The number of nitrogens with two attached hydrogens (primary N) is 1. The average Bonchev–Trinajstić information content (AvgIpc) is 2.36. The molecule has 0 atom stereocenters. The SMILES string of the molecule is CCOC(=O)NS(=O)(=O)N(C)c1ccc(S(N)(=O)=O)cc1. The molecular formula is C10H15N3O6S2. The number of rotatable bonds is 5. The smallest absolute Gasteiger partial charge is 0.422 e. The molecule has 0 aliphatic carbocycles. The second-order valence-corrected chi connectivity index (χ2v) is 7.10. The number of carbonyl (C=O) groups excluding carboxylic acids is 1. The molecule has 0 fully saturated rings. The van der Waals surface area contributed by atoms with Crippen LogP contribution >= 0.6 is 0 Å². The highest BCUT2D eigenvalue weighted by atomic mass is 32.2. The minimum Gasteiger partial charge on any atom is -0.449 e. The summed E-state index contributed by atoms with van der Waals surface area (Å²) in [6, 6.07) is 4.79. The Balaban J connectivity index is 2.97. The van der Waals surface area contributed by atoms with E-state index < -0.39 is 26.3 Å². The van der Waals surface area contributed by atoms with Gasteiger partial charge in [0, 0.05) is 7.05 Å². The van der Waals surface area contributed by atoms with Crippen molar-refractivity contribution >= 4 is 32.0 Å². The topological polar surface area (TPSA) is 136 Å². The lowest BCUT2D eigenvalue weighted by molar-refractivity contribution is 0.158. The molecule has 9 nitrogen and oxygen atoms in total. The number of ether oxygens (including phenoxy) is 1. The zero-order chi connectivity index (χ0) is 16.3. The molecule has 0 unspecified atom stereocenters. The van der Waals surface area contributed by atoms with Crippen LogP contribution in [0.5, 0.6) is 0 Å². The molecule has 1 aromatic rings. The Hall–Kier alpha value is -1.85. The molecule has 1 amide bonds. The van der Waals surface area contributed by atoms with Gasteiger partial charge in [-0.1, -0.05) is 0 Å². The Morgan fingerprint density at radius 3 is 2.19 bits per heavy atom. The molecule has 0 aromatic heterocycles. The fourth-order valence-electron chi connectivity index (χ4n) is 1.32. The highest BCUT2D eigenvalue weighted by Gasteiger charge is 2.22. The summed E-state index contributed by atoms with van der Waals surface area (Å²) in [5.74, 6) is 0. The van der Waals surface area contributed by atoms with Gasteiger partial charge in [-0.3, -0.25) is 4.31 Å². The van der Waals surface area contributed by atoms with Crippen molar-refractivity contribution in [3.05, 3.63) is 24.3 Å². The van der Waals surface area contributed by atoms with E-state index in [9.17, 15) is 21.6 Å². The lowest BCUT2D eigenvalue weighted by atomic mass is 10.3. The average molecular weight is 337 g/mol. The van der Waals surface area contributed by atoms with Crippen LogP contribution in [-0.4, -0.2) is 36.6 Å². The predicted octanol–water partition coefficient (Wildman–Crippen LogP) is -0.239. The van der Waals surface area contributed by atoms with Crippen molar-refractivity contribution in [1.82, 2.24) is 4.72 Å². The number of hydrogen-bond donors (Lipinski definition) is 2. The molecule has 0 bridgehead atoms. The maximum atomic E-state index is 11.9. The van der Waals surface area contributed by atoms with E-state index >= 15 is 0 Å². The second-order valence-electron chi connectivity index (χ2n) is 3.83. The van der Waals surface area contributed by atoms with E-state index in [4.69, 9.17) is 5.14 Å². The van der Waals surface area contributed by atoms with Gasteiger partial charge in [0.15, 0.2) is 0 Å². The summed E-state index contributed by atoms with van der Waals surface area (Å²) in [6.45, 7) is 1.55. The summed E-state index contributed by atoms with van der Waals surface area (Å²) < 4.78 is 52.9. The van der Waals surface area contributed by atoms with Gasteiger partial charge in [0.1, 0.15) is 0 Å². The summed E-state index contributed by atoms with van der Waals surface area (Å²) in [4.78, 5) is 11.0. The van der Waals surface area contributed by atoms with Crippen LogP contribution in [0.3, 0.4) is 0 Å². The Labute approximate surface area is 122 Å². The molecule has 1 aromatic carbocycles. The van der Waals surface area contributed by atoms with Gasteiger partial charge in [0.2, 0.25) is 10.0 Å². The lowest BCUT2D eigenvalue weighted by Gasteiger charge is -2.19. The molecule has 0 saturated heterocycles. The molecule has 0 saturated carbocycles. The maximum absolute atomic E-state index is 11.9. The first-order valence-electron chi connectivity index (χ1n) is 5.64. The molecule has 0 heterocycles. The van der Waals surface area contributed by atoms with Crippen LogP contribution in [0, 0.1) is 0 Å². The first-order chi connectivity index (χ1) is 9.58. The minimum absolute atomic E-state index is 0.0219. The fraction of sp³-hybridized carbons (Fsp3) is 0.300. The number of hydrogen-bond acceptors (Lipinski definition) is 6. The van der Waals surface area contributed by atoms with Crippen molar-refractivity contribution in [3.63, 3.8) is 0 Å².